The number of aromatic nitrogens is 3. The van der Waals surface area contributed by atoms with Gasteiger partial charge in [-0.15, -0.1) is 0 Å². The summed E-state index contributed by atoms with van der Waals surface area (Å²) in [5.74, 6) is 1.61. The molecule has 0 spiro atoms. The van der Waals surface area contributed by atoms with Crippen molar-refractivity contribution >= 4 is 23.1 Å². The van der Waals surface area contributed by atoms with E-state index in [9.17, 15) is 0 Å². The summed E-state index contributed by atoms with van der Waals surface area (Å²) < 4.78 is 7.98. The standard InChI is InChI=1S/C20H22ClN5O/c1-13-9-17(21)18-10-15(13)16-11-23-26-7-4-19(24-20(16)26)22-5-8-25-6-2-3-14(25)12-27-18/h4,7,9-11,14H,2-3,5-6,8,12H2,1H3,(H,22,24)/t14-/m0/s1. The molecule has 0 unspecified atom stereocenters. The lowest BCUT2D eigenvalue weighted by atomic mass is 10.0. The van der Waals surface area contributed by atoms with Gasteiger partial charge < -0.3 is 10.1 Å². The zero-order valence-corrected chi connectivity index (χ0v) is 16.0. The number of rotatable bonds is 0. The summed E-state index contributed by atoms with van der Waals surface area (Å²) in [5.41, 5.74) is 3.94. The Morgan fingerprint density at radius 1 is 1.26 bits per heavy atom. The van der Waals surface area contributed by atoms with Crippen molar-refractivity contribution in [2.45, 2.75) is 25.8 Å². The number of hydrogen-bond acceptors (Lipinski definition) is 5. The van der Waals surface area contributed by atoms with Crippen molar-refractivity contribution < 1.29 is 4.74 Å². The van der Waals surface area contributed by atoms with Crippen molar-refractivity contribution in [2.75, 3.05) is 31.6 Å². The van der Waals surface area contributed by atoms with Crippen LogP contribution in [-0.2, 0) is 0 Å². The van der Waals surface area contributed by atoms with Gasteiger partial charge in [-0.25, -0.2) is 9.50 Å². The maximum Gasteiger partial charge on any atom is 0.165 e. The third kappa shape index (κ3) is 3.03. The first kappa shape index (κ1) is 16.8. The zero-order valence-electron chi connectivity index (χ0n) is 15.3. The lowest BCUT2D eigenvalue weighted by molar-refractivity contribution is 0.177. The van der Waals surface area contributed by atoms with Gasteiger partial charge in [-0.2, -0.15) is 5.10 Å². The Hall–Kier alpha value is -2.31. The van der Waals surface area contributed by atoms with Crippen LogP contribution >= 0.6 is 11.6 Å². The molecule has 2 aliphatic rings. The molecule has 4 heterocycles. The van der Waals surface area contributed by atoms with Gasteiger partial charge in [0.05, 0.1) is 11.2 Å². The molecule has 1 fully saturated rings. The molecule has 0 aliphatic carbocycles. The summed E-state index contributed by atoms with van der Waals surface area (Å²) in [4.78, 5) is 7.29. The first-order chi connectivity index (χ1) is 13.2. The second kappa shape index (κ2) is 6.69. The summed E-state index contributed by atoms with van der Waals surface area (Å²) >= 11 is 6.49. The van der Waals surface area contributed by atoms with Crippen LogP contribution in [-0.4, -0.2) is 51.8 Å². The molecule has 0 saturated carbocycles. The number of benzene rings is 1. The Labute approximate surface area is 163 Å². The molecular weight excluding hydrogens is 362 g/mol. The Bertz CT molecular complexity index is 1000. The molecule has 1 saturated heterocycles. The molecule has 27 heavy (non-hydrogen) atoms. The summed E-state index contributed by atoms with van der Waals surface area (Å²) in [7, 11) is 0. The summed E-state index contributed by atoms with van der Waals surface area (Å²) in [5, 5.41) is 8.57. The number of nitrogens with zero attached hydrogens (tertiary/aromatic N) is 4. The molecule has 6 nitrogen and oxygen atoms in total. The summed E-state index contributed by atoms with van der Waals surface area (Å²) in [6, 6.07) is 6.40. The Morgan fingerprint density at radius 3 is 3.11 bits per heavy atom. The lowest BCUT2D eigenvalue weighted by Crippen LogP contribution is -2.37. The van der Waals surface area contributed by atoms with E-state index in [1.54, 1.807) is 4.52 Å². The average Bonchev–Trinajstić information content (AvgIpc) is 3.27. The van der Waals surface area contributed by atoms with Crippen LogP contribution in [0.5, 0.6) is 5.75 Å². The van der Waals surface area contributed by atoms with Gasteiger partial charge in [0.25, 0.3) is 0 Å². The van der Waals surface area contributed by atoms with Gasteiger partial charge in [-0.3, -0.25) is 4.90 Å². The summed E-state index contributed by atoms with van der Waals surface area (Å²) in [6.45, 7) is 5.66. The first-order valence-electron chi connectivity index (χ1n) is 9.45. The van der Waals surface area contributed by atoms with Gasteiger partial charge in [0.2, 0.25) is 0 Å². The molecule has 3 aromatic rings. The molecule has 1 atom stereocenters. The van der Waals surface area contributed by atoms with Gasteiger partial charge >= 0.3 is 0 Å². The van der Waals surface area contributed by atoms with Gasteiger partial charge in [0.15, 0.2) is 5.65 Å². The molecule has 1 aromatic carbocycles. The fourth-order valence-corrected chi connectivity index (χ4v) is 4.38. The Kier molecular flexibility index (Phi) is 4.17. The van der Waals surface area contributed by atoms with E-state index in [4.69, 9.17) is 21.3 Å². The van der Waals surface area contributed by atoms with Crippen molar-refractivity contribution in [3.8, 4) is 16.9 Å². The van der Waals surface area contributed by atoms with E-state index >= 15 is 0 Å². The molecule has 1 N–H and O–H groups in total. The highest BCUT2D eigenvalue weighted by atomic mass is 35.5. The van der Waals surface area contributed by atoms with Crippen LogP contribution in [0.3, 0.4) is 0 Å². The SMILES string of the molecule is Cc1cc(Cl)c2cc1-c1cnn3ccc(nc13)NCCN1CCC[C@H]1CO2. The van der Waals surface area contributed by atoms with Crippen molar-refractivity contribution in [1.29, 1.82) is 0 Å². The van der Waals surface area contributed by atoms with E-state index in [2.05, 4.69) is 22.2 Å². The van der Waals surface area contributed by atoms with E-state index in [0.29, 0.717) is 17.7 Å². The highest BCUT2D eigenvalue weighted by molar-refractivity contribution is 6.32. The monoisotopic (exact) mass is 383 g/mol. The minimum absolute atomic E-state index is 0.428. The van der Waals surface area contributed by atoms with Crippen molar-refractivity contribution in [3.05, 3.63) is 41.2 Å². The number of anilines is 1. The summed E-state index contributed by atoms with van der Waals surface area (Å²) in [6.07, 6.45) is 6.18. The fraction of sp³-hybridized carbons (Fsp3) is 0.400. The van der Waals surface area contributed by atoms with Crippen LogP contribution in [0.4, 0.5) is 5.82 Å². The van der Waals surface area contributed by atoms with E-state index in [-0.39, 0.29) is 0 Å². The second-order valence-electron chi connectivity index (χ2n) is 7.31. The predicted octanol–water partition coefficient (Wildman–Crippen LogP) is 3.63. The fourth-order valence-electron chi connectivity index (χ4n) is 4.10. The Balaban J connectivity index is 1.64. The largest absolute Gasteiger partial charge is 0.490 e. The molecule has 2 aliphatic heterocycles. The first-order valence-corrected chi connectivity index (χ1v) is 9.82. The van der Waals surface area contributed by atoms with Crippen molar-refractivity contribution in [3.63, 3.8) is 0 Å². The maximum atomic E-state index is 6.49. The van der Waals surface area contributed by atoms with Crippen LogP contribution in [0.1, 0.15) is 18.4 Å². The highest BCUT2D eigenvalue weighted by Crippen LogP contribution is 2.36. The highest BCUT2D eigenvalue weighted by Gasteiger charge is 2.25. The predicted molar refractivity (Wildman–Crippen MR) is 107 cm³/mol. The van der Waals surface area contributed by atoms with Crippen LogP contribution in [0.2, 0.25) is 5.02 Å². The van der Waals surface area contributed by atoms with Crippen LogP contribution in [0.15, 0.2) is 30.6 Å². The lowest BCUT2D eigenvalue weighted by Gasteiger charge is -2.25. The van der Waals surface area contributed by atoms with Crippen molar-refractivity contribution in [1.82, 2.24) is 19.5 Å². The number of ether oxygens (including phenoxy) is 1. The van der Waals surface area contributed by atoms with Crippen LogP contribution in [0, 0.1) is 6.92 Å². The molecule has 140 valence electrons. The number of hydrogen-bond donors (Lipinski definition) is 1. The topological polar surface area (TPSA) is 54.7 Å². The third-order valence-electron chi connectivity index (χ3n) is 5.57. The van der Waals surface area contributed by atoms with Gasteiger partial charge in [0.1, 0.15) is 18.2 Å². The van der Waals surface area contributed by atoms with Crippen LogP contribution < -0.4 is 10.1 Å². The van der Waals surface area contributed by atoms with Crippen LogP contribution in [0.25, 0.3) is 16.8 Å². The van der Waals surface area contributed by atoms with Crippen molar-refractivity contribution in [2.24, 2.45) is 0 Å². The Morgan fingerprint density at radius 2 is 2.19 bits per heavy atom. The number of nitrogens with one attached hydrogen (secondary N) is 1. The minimum Gasteiger partial charge on any atom is -0.490 e. The average molecular weight is 384 g/mol. The molecule has 5 rings (SSSR count). The number of halogens is 1. The number of fused-ring (bicyclic) bond motifs is 5. The minimum atomic E-state index is 0.428. The zero-order chi connectivity index (χ0) is 18.4. The van der Waals surface area contributed by atoms with E-state index in [0.717, 1.165) is 60.0 Å². The maximum absolute atomic E-state index is 6.49. The van der Waals surface area contributed by atoms with E-state index in [1.807, 2.05) is 30.6 Å². The number of aryl methyl sites for hydroxylation is 1. The molecule has 2 aromatic heterocycles. The molecule has 4 bridgehead atoms. The normalized spacial score (nSPS) is 20.1. The van der Waals surface area contributed by atoms with E-state index < -0.39 is 0 Å². The third-order valence-corrected chi connectivity index (χ3v) is 5.87. The second-order valence-corrected chi connectivity index (χ2v) is 7.71. The molecular formula is C20H22ClN5O. The molecule has 0 amide bonds. The molecule has 7 heteroatoms. The van der Waals surface area contributed by atoms with Gasteiger partial charge in [-0.1, -0.05) is 11.6 Å². The quantitative estimate of drug-likeness (QED) is 0.642. The smallest absolute Gasteiger partial charge is 0.165 e. The van der Waals surface area contributed by atoms with E-state index in [1.165, 1.54) is 6.42 Å². The van der Waals surface area contributed by atoms with Gasteiger partial charge in [-0.05, 0) is 55.6 Å². The van der Waals surface area contributed by atoms with Gasteiger partial charge in [0, 0.05) is 30.9 Å². The molecule has 0 radical (unpaired) electrons.